The van der Waals surface area contributed by atoms with Crippen molar-refractivity contribution in [2.75, 3.05) is 7.11 Å². The second kappa shape index (κ2) is 8.73. The van der Waals surface area contributed by atoms with E-state index in [4.69, 9.17) is 9.72 Å². The molecule has 3 aromatic heterocycles. The fraction of sp³-hybridized carbons (Fsp3) is 0.370. The molecule has 1 atom stereocenters. The molecule has 0 radical (unpaired) electrons. The fourth-order valence-corrected chi connectivity index (χ4v) is 4.83. The third-order valence-corrected chi connectivity index (χ3v) is 6.70. The summed E-state index contributed by atoms with van der Waals surface area (Å²) in [6.07, 6.45) is 17.3. The highest BCUT2D eigenvalue weighted by molar-refractivity contribution is 5.99. The largest absolute Gasteiger partial charge is 0.497 e. The van der Waals surface area contributed by atoms with Crippen LogP contribution in [0.1, 0.15) is 57.1 Å². The van der Waals surface area contributed by atoms with Gasteiger partial charge < -0.3 is 4.74 Å². The molecular weight excluding hydrogens is 396 g/mol. The Labute approximate surface area is 189 Å². The SMILES string of the molecule is CCc1cc(OC)cc2c(-c3cnn4cc(C=C5CCCC(C)CC5)cnc34)ccnc12. The molecule has 4 aromatic rings. The number of allylic oxidation sites excluding steroid dienone is 1. The van der Waals surface area contributed by atoms with E-state index in [-0.39, 0.29) is 0 Å². The van der Waals surface area contributed by atoms with E-state index in [9.17, 15) is 0 Å². The molecule has 1 saturated carbocycles. The van der Waals surface area contributed by atoms with Crippen LogP contribution in [0.5, 0.6) is 5.75 Å². The lowest BCUT2D eigenvalue weighted by Crippen LogP contribution is -1.94. The Morgan fingerprint density at radius 2 is 2.03 bits per heavy atom. The van der Waals surface area contributed by atoms with Crippen LogP contribution in [0, 0.1) is 5.92 Å². The Balaban J connectivity index is 1.57. The predicted molar refractivity (Wildman–Crippen MR) is 130 cm³/mol. The number of nitrogens with zero attached hydrogens (tertiary/aromatic N) is 4. The topological polar surface area (TPSA) is 52.3 Å². The maximum absolute atomic E-state index is 5.56. The maximum atomic E-state index is 5.56. The number of fused-ring (bicyclic) bond motifs is 2. The minimum Gasteiger partial charge on any atom is -0.497 e. The molecule has 0 bridgehead atoms. The van der Waals surface area contributed by atoms with E-state index < -0.39 is 0 Å². The minimum absolute atomic E-state index is 0.831. The number of aryl methyl sites for hydroxylation is 1. The normalized spacial score (nSPS) is 18.3. The van der Waals surface area contributed by atoms with Crippen molar-refractivity contribution in [3.8, 4) is 16.9 Å². The Morgan fingerprint density at radius 3 is 2.88 bits per heavy atom. The molecule has 1 fully saturated rings. The molecule has 5 rings (SSSR count). The highest BCUT2D eigenvalue weighted by Gasteiger charge is 2.15. The van der Waals surface area contributed by atoms with Gasteiger partial charge >= 0.3 is 0 Å². The van der Waals surface area contributed by atoms with E-state index in [1.165, 1.54) is 43.2 Å². The van der Waals surface area contributed by atoms with Crippen molar-refractivity contribution >= 4 is 22.6 Å². The van der Waals surface area contributed by atoms with E-state index in [1.54, 1.807) is 7.11 Å². The molecule has 32 heavy (non-hydrogen) atoms. The van der Waals surface area contributed by atoms with Crippen LogP contribution in [-0.2, 0) is 6.42 Å². The number of ether oxygens (including phenoxy) is 1. The van der Waals surface area contributed by atoms with Gasteiger partial charge in [-0.15, -0.1) is 0 Å². The zero-order valence-corrected chi connectivity index (χ0v) is 19.1. The van der Waals surface area contributed by atoms with Crippen LogP contribution in [0.3, 0.4) is 0 Å². The third-order valence-electron chi connectivity index (χ3n) is 6.70. The summed E-state index contributed by atoms with van der Waals surface area (Å²) in [4.78, 5) is 9.48. The van der Waals surface area contributed by atoms with Gasteiger partial charge in [-0.25, -0.2) is 9.50 Å². The molecule has 1 aliphatic carbocycles. The molecule has 5 heteroatoms. The molecule has 0 aliphatic heterocycles. The van der Waals surface area contributed by atoms with Crippen LogP contribution in [0.2, 0.25) is 0 Å². The van der Waals surface area contributed by atoms with Crippen LogP contribution >= 0.6 is 0 Å². The van der Waals surface area contributed by atoms with E-state index in [0.717, 1.165) is 51.3 Å². The zero-order chi connectivity index (χ0) is 22.1. The van der Waals surface area contributed by atoms with Crippen LogP contribution < -0.4 is 4.74 Å². The summed E-state index contributed by atoms with van der Waals surface area (Å²) in [6, 6.07) is 6.18. The molecular formula is C27H30N4O. The number of benzene rings is 1. The summed E-state index contributed by atoms with van der Waals surface area (Å²) in [7, 11) is 1.71. The standard InChI is InChI=1S/C27H30N4O/c1-4-21-13-22(32-3)14-24-23(10-11-28-26(21)24)25-16-30-31-17-20(15-29-27(25)31)12-19-7-5-6-18(2)8-9-19/h10-18H,4-9H2,1-3H3. The van der Waals surface area contributed by atoms with Crippen LogP contribution in [0.4, 0.5) is 0 Å². The van der Waals surface area contributed by atoms with Crippen molar-refractivity contribution in [1.82, 2.24) is 19.6 Å². The summed E-state index contributed by atoms with van der Waals surface area (Å²) in [6.45, 7) is 4.51. The summed E-state index contributed by atoms with van der Waals surface area (Å²) in [5.74, 6) is 1.68. The van der Waals surface area contributed by atoms with E-state index in [0.29, 0.717) is 0 Å². The molecule has 1 aliphatic rings. The Morgan fingerprint density at radius 1 is 1.12 bits per heavy atom. The van der Waals surface area contributed by atoms with E-state index >= 15 is 0 Å². The number of rotatable bonds is 4. The second-order valence-corrected chi connectivity index (χ2v) is 8.95. The Kier molecular flexibility index (Phi) is 5.64. The molecule has 164 valence electrons. The van der Waals surface area contributed by atoms with Gasteiger partial charge in [-0.3, -0.25) is 4.98 Å². The lowest BCUT2D eigenvalue weighted by Gasteiger charge is -2.11. The van der Waals surface area contributed by atoms with Gasteiger partial charge in [0.15, 0.2) is 5.65 Å². The highest BCUT2D eigenvalue weighted by Crippen LogP contribution is 2.34. The second-order valence-electron chi connectivity index (χ2n) is 8.95. The average Bonchev–Trinajstić information content (AvgIpc) is 3.13. The molecule has 1 aromatic carbocycles. The lowest BCUT2D eigenvalue weighted by atomic mass is 9.99. The molecule has 0 spiro atoms. The van der Waals surface area contributed by atoms with Gasteiger partial charge in [-0.2, -0.15) is 5.10 Å². The van der Waals surface area contributed by atoms with Crippen molar-refractivity contribution in [2.45, 2.75) is 52.4 Å². The quantitative estimate of drug-likeness (QED) is 0.350. The highest BCUT2D eigenvalue weighted by atomic mass is 16.5. The molecule has 5 nitrogen and oxygen atoms in total. The van der Waals surface area contributed by atoms with Gasteiger partial charge in [0.1, 0.15) is 5.75 Å². The van der Waals surface area contributed by atoms with Gasteiger partial charge in [0.05, 0.1) is 18.8 Å². The molecule has 0 N–H and O–H groups in total. The lowest BCUT2D eigenvalue weighted by molar-refractivity contribution is 0.415. The summed E-state index contributed by atoms with van der Waals surface area (Å²) in [5, 5.41) is 5.71. The van der Waals surface area contributed by atoms with E-state index in [1.807, 2.05) is 29.2 Å². The van der Waals surface area contributed by atoms with Crippen LogP contribution in [0.15, 0.2) is 48.6 Å². The Bertz CT molecular complexity index is 1300. The first-order valence-corrected chi connectivity index (χ1v) is 11.6. The van der Waals surface area contributed by atoms with Crippen molar-refractivity contribution in [3.63, 3.8) is 0 Å². The molecule has 0 saturated heterocycles. The van der Waals surface area contributed by atoms with Crippen molar-refractivity contribution in [2.24, 2.45) is 5.92 Å². The number of hydrogen-bond donors (Lipinski definition) is 0. The molecule has 1 unspecified atom stereocenters. The van der Waals surface area contributed by atoms with E-state index in [2.05, 4.69) is 48.3 Å². The summed E-state index contributed by atoms with van der Waals surface area (Å²) >= 11 is 0. The number of methoxy groups -OCH3 is 1. The summed E-state index contributed by atoms with van der Waals surface area (Å²) < 4.78 is 7.45. The first-order valence-electron chi connectivity index (χ1n) is 11.6. The number of pyridine rings is 1. The minimum atomic E-state index is 0.831. The predicted octanol–water partition coefficient (Wildman–Crippen LogP) is 6.50. The first-order chi connectivity index (χ1) is 15.7. The van der Waals surface area contributed by atoms with Gasteiger partial charge in [0.25, 0.3) is 0 Å². The summed E-state index contributed by atoms with van der Waals surface area (Å²) in [5.41, 5.74) is 7.78. The van der Waals surface area contributed by atoms with Gasteiger partial charge in [0, 0.05) is 35.1 Å². The average molecular weight is 427 g/mol. The number of aromatic nitrogens is 4. The van der Waals surface area contributed by atoms with Crippen LogP contribution in [0.25, 0.3) is 33.8 Å². The number of hydrogen-bond acceptors (Lipinski definition) is 4. The fourth-order valence-electron chi connectivity index (χ4n) is 4.83. The van der Waals surface area contributed by atoms with Crippen LogP contribution in [-0.4, -0.2) is 26.7 Å². The van der Waals surface area contributed by atoms with Gasteiger partial charge in [-0.05, 0) is 67.3 Å². The smallest absolute Gasteiger partial charge is 0.162 e. The van der Waals surface area contributed by atoms with Crippen molar-refractivity contribution in [1.29, 1.82) is 0 Å². The molecule has 3 heterocycles. The Hall–Kier alpha value is -3.21. The maximum Gasteiger partial charge on any atom is 0.162 e. The first kappa shape index (κ1) is 20.7. The monoisotopic (exact) mass is 426 g/mol. The third kappa shape index (κ3) is 3.88. The van der Waals surface area contributed by atoms with Gasteiger partial charge in [-0.1, -0.05) is 31.9 Å². The van der Waals surface area contributed by atoms with Crippen molar-refractivity contribution < 1.29 is 4.74 Å². The van der Waals surface area contributed by atoms with Gasteiger partial charge in [0.2, 0.25) is 0 Å². The zero-order valence-electron chi connectivity index (χ0n) is 19.1. The van der Waals surface area contributed by atoms with Crippen molar-refractivity contribution in [3.05, 3.63) is 59.7 Å². The molecule has 0 amide bonds.